The first-order chi connectivity index (χ1) is 12.2. The fourth-order valence-corrected chi connectivity index (χ4v) is 2.42. The summed E-state index contributed by atoms with van der Waals surface area (Å²) in [6.07, 6.45) is 0.142. The van der Waals surface area contributed by atoms with Gasteiger partial charge in [-0.15, -0.1) is 0 Å². The SMILES string of the molecule is CC(C)(C)CC(=O)c1cc(/N=N/c2ccccc2CC(=O)O)ccc1O. The highest BCUT2D eigenvalue weighted by atomic mass is 16.4. The Hall–Kier alpha value is -3.02. The topological polar surface area (TPSA) is 99.3 Å². The molecule has 0 fully saturated rings. The monoisotopic (exact) mass is 354 g/mol. The van der Waals surface area contributed by atoms with Crippen molar-refractivity contribution in [2.45, 2.75) is 33.6 Å². The summed E-state index contributed by atoms with van der Waals surface area (Å²) in [4.78, 5) is 23.3. The molecule has 0 aliphatic rings. The quantitative estimate of drug-likeness (QED) is 0.560. The first-order valence-corrected chi connectivity index (χ1v) is 8.23. The molecule has 0 amide bonds. The average molecular weight is 354 g/mol. The highest BCUT2D eigenvalue weighted by molar-refractivity contribution is 5.99. The molecule has 0 saturated carbocycles. The molecule has 0 unspecified atom stereocenters. The Bertz CT molecular complexity index is 851. The second kappa shape index (κ2) is 7.91. The summed E-state index contributed by atoms with van der Waals surface area (Å²) in [7, 11) is 0. The van der Waals surface area contributed by atoms with E-state index in [2.05, 4.69) is 10.2 Å². The zero-order chi connectivity index (χ0) is 19.3. The number of hydrogen-bond donors (Lipinski definition) is 2. The molecule has 136 valence electrons. The molecule has 2 aromatic carbocycles. The van der Waals surface area contributed by atoms with Crippen LogP contribution in [0, 0.1) is 5.41 Å². The van der Waals surface area contributed by atoms with Crippen molar-refractivity contribution in [1.82, 2.24) is 0 Å². The van der Waals surface area contributed by atoms with Crippen molar-refractivity contribution in [2.75, 3.05) is 0 Å². The second-order valence-electron chi connectivity index (χ2n) is 7.26. The summed E-state index contributed by atoms with van der Waals surface area (Å²) >= 11 is 0. The Morgan fingerprint density at radius 2 is 1.73 bits per heavy atom. The number of phenolic OH excluding ortho intramolecular Hbond substituents is 1. The molecule has 2 aromatic rings. The van der Waals surface area contributed by atoms with Crippen LogP contribution in [0.2, 0.25) is 0 Å². The van der Waals surface area contributed by atoms with Gasteiger partial charge in [0, 0.05) is 6.42 Å². The zero-order valence-corrected chi connectivity index (χ0v) is 15.1. The molecule has 6 nitrogen and oxygen atoms in total. The lowest BCUT2D eigenvalue weighted by atomic mass is 9.87. The minimum atomic E-state index is -0.952. The second-order valence-corrected chi connectivity index (χ2v) is 7.26. The largest absolute Gasteiger partial charge is 0.507 e. The Balaban J connectivity index is 2.28. The van der Waals surface area contributed by atoms with Crippen molar-refractivity contribution in [3.63, 3.8) is 0 Å². The number of Topliss-reactive ketones (excluding diaryl/α,β-unsaturated/α-hetero) is 1. The summed E-state index contributed by atoms with van der Waals surface area (Å²) in [5.41, 5.74) is 1.41. The van der Waals surface area contributed by atoms with Crippen molar-refractivity contribution < 1.29 is 19.8 Å². The van der Waals surface area contributed by atoms with Gasteiger partial charge in [0.25, 0.3) is 0 Å². The minimum absolute atomic E-state index is 0.0931. The van der Waals surface area contributed by atoms with Gasteiger partial charge in [0.15, 0.2) is 5.78 Å². The third kappa shape index (κ3) is 5.51. The number of carbonyl (C=O) groups excluding carboxylic acids is 1. The van der Waals surface area contributed by atoms with Gasteiger partial charge in [-0.25, -0.2) is 0 Å². The van der Waals surface area contributed by atoms with E-state index in [9.17, 15) is 14.7 Å². The van der Waals surface area contributed by atoms with Crippen LogP contribution >= 0.6 is 0 Å². The molecule has 0 radical (unpaired) electrons. The highest BCUT2D eigenvalue weighted by Crippen LogP contribution is 2.30. The smallest absolute Gasteiger partial charge is 0.307 e. The van der Waals surface area contributed by atoms with Gasteiger partial charge in [-0.2, -0.15) is 10.2 Å². The van der Waals surface area contributed by atoms with E-state index >= 15 is 0 Å². The van der Waals surface area contributed by atoms with E-state index in [0.29, 0.717) is 23.4 Å². The van der Waals surface area contributed by atoms with E-state index < -0.39 is 5.97 Å². The number of aliphatic carboxylic acids is 1. The third-order valence-electron chi connectivity index (χ3n) is 3.58. The molecule has 0 aliphatic heterocycles. The molecule has 2 rings (SSSR count). The van der Waals surface area contributed by atoms with E-state index in [4.69, 9.17) is 5.11 Å². The number of hydrogen-bond acceptors (Lipinski definition) is 5. The van der Waals surface area contributed by atoms with Crippen LogP contribution < -0.4 is 0 Å². The summed E-state index contributed by atoms with van der Waals surface area (Å²) in [5.74, 6) is -1.21. The van der Waals surface area contributed by atoms with Crippen LogP contribution in [0.5, 0.6) is 5.75 Å². The van der Waals surface area contributed by atoms with Crippen molar-refractivity contribution in [3.8, 4) is 5.75 Å². The molecule has 6 heteroatoms. The lowest BCUT2D eigenvalue weighted by Crippen LogP contribution is -2.13. The molecule has 26 heavy (non-hydrogen) atoms. The number of azo groups is 1. The summed E-state index contributed by atoms with van der Waals surface area (Å²) in [6, 6.07) is 11.3. The van der Waals surface area contributed by atoms with Crippen LogP contribution in [0.3, 0.4) is 0 Å². The molecule has 0 bridgehead atoms. The van der Waals surface area contributed by atoms with E-state index in [0.717, 1.165) is 0 Å². The van der Waals surface area contributed by atoms with E-state index in [-0.39, 0.29) is 28.9 Å². The van der Waals surface area contributed by atoms with Crippen molar-refractivity contribution >= 4 is 23.1 Å². The number of ketones is 1. The van der Waals surface area contributed by atoms with Gasteiger partial charge < -0.3 is 10.2 Å². The number of rotatable bonds is 6. The van der Waals surface area contributed by atoms with Crippen LogP contribution in [-0.2, 0) is 11.2 Å². The Kier molecular flexibility index (Phi) is 5.87. The Morgan fingerprint density at radius 1 is 1.04 bits per heavy atom. The van der Waals surface area contributed by atoms with Gasteiger partial charge in [0.1, 0.15) is 5.75 Å². The van der Waals surface area contributed by atoms with Crippen molar-refractivity contribution in [1.29, 1.82) is 0 Å². The standard InChI is InChI=1S/C20H22N2O4/c1-20(2,3)12-18(24)15-11-14(8-9-17(15)23)21-22-16-7-5-4-6-13(16)10-19(25)26/h4-9,11,23H,10,12H2,1-3H3,(H,25,26)/b22-21+. The van der Waals surface area contributed by atoms with Crippen LogP contribution in [-0.4, -0.2) is 22.0 Å². The number of carboxylic acid groups (broad SMARTS) is 1. The number of carbonyl (C=O) groups is 2. The molecule has 0 saturated heterocycles. The predicted octanol–water partition coefficient (Wildman–Crippen LogP) is 5.05. The molecule has 0 aromatic heterocycles. The van der Waals surface area contributed by atoms with E-state index in [1.165, 1.54) is 12.1 Å². The molecule has 0 spiro atoms. The minimum Gasteiger partial charge on any atom is -0.507 e. The lowest BCUT2D eigenvalue weighted by Gasteiger charge is -2.17. The van der Waals surface area contributed by atoms with Crippen LogP contribution in [0.4, 0.5) is 11.4 Å². The molecule has 2 N–H and O–H groups in total. The normalized spacial score (nSPS) is 11.7. The van der Waals surface area contributed by atoms with Gasteiger partial charge >= 0.3 is 5.97 Å². The summed E-state index contributed by atoms with van der Waals surface area (Å²) in [5, 5.41) is 27.1. The summed E-state index contributed by atoms with van der Waals surface area (Å²) in [6.45, 7) is 5.85. The maximum Gasteiger partial charge on any atom is 0.307 e. The third-order valence-corrected chi connectivity index (χ3v) is 3.58. The first kappa shape index (κ1) is 19.3. The fraction of sp³-hybridized carbons (Fsp3) is 0.300. The van der Waals surface area contributed by atoms with Crippen molar-refractivity contribution in [2.24, 2.45) is 15.6 Å². The number of nitrogens with zero attached hydrogens (tertiary/aromatic N) is 2. The molecule has 0 aliphatic carbocycles. The number of phenols is 1. The van der Waals surface area contributed by atoms with Gasteiger partial charge in [-0.1, -0.05) is 39.0 Å². The van der Waals surface area contributed by atoms with Gasteiger partial charge in [-0.05, 0) is 35.2 Å². The Morgan fingerprint density at radius 3 is 2.38 bits per heavy atom. The van der Waals surface area contributed by atoms with E-state index in [1.54, 1.807) is 30.3 Å². The van der Waals surface area contributed by atoms with Crippen LogP contribution in [0.25, 0.3) is 0 Å². The van der Waals surface area contributed by atoms with Crippen molar-refractivity contribution in [3.05, 3.63) is 53.6 Å². The molecule has 0 heterocycles. The molecular weight excluding hydrogens is 332 g/mol. The maximum atomic E-state index is 12.4. The molecule has 0 atom stereocenters. The number of benzene rings is 2. The highest BCUT2D eigenvalue weighted by Gasteiger charge is 2.20. The fourth-order valence-electron chi connectivity index (χ4n) is 2.42. The number of carboxylic acids is 1. The van der Waals surface area contributed by atoms with Crippen LogP contribution in [0.15, 0.2) is 52.7 Å². The van der Waals surface area contributed by atoms with E-state index in [1.807, 2.05) is 20.8 Å². The zero-order valence-electron chi connectivity index (χ0n) is 15.1. The average Bonchev–Trinajstić information content (AvgIpc) is 2.53. The van der Waals surface area contributed by atoms with Gasteiger partial charge in [-0.3, -0.25) is 9.59 Å². The van der Waals surface area contributed by atoms with Gasteiger partial charge in [0.05, 0.1) is 23.4 Å². The Labute approximate surface area is 152 Å². The predicted molar refractivity (Wildman–Crippen MR) is 98.5 cm³/mol. The lowest BCUT2D eigenvalue weighted by molar-refractivity contribution is -0.136. The summed E-state index contributed by atoms with van der Waals surface area (Å²) < 4.78 is 0. The van der Waals surface area contributed by atoms with Crippen LogP contribution in [0.1, 0.15) is 43.1 Å². The number of aromatic hydroxyl groups is 1. The van der Waals surface area contributed by atoms with Gasteiger partial charge in [0.2, 0.25) is 0 Å². The first-order valence-electron chi connectivity index (χ1n) is 8.23. The molecular formula is C20H22N2O4. The maximum absolute atomic E-state index is 12.4.